The highest BCUT2D eigenvalue weighted by Gasteiger charge is 2.47. The van der Waals surface area contributed by atoms with Crippen molar-refractivity contribution in [1.29, 1.82) is 0 Å². The number of hydrogen-bond acceptors (Lipinski definition) is 3. The summed E-state index contributed by atoms with van der Waals surface area (Å²) in [5.41, 5.74) is 2.37. The first-order chi connectivity index (χ1) is 15.6. The number of rotatable bonds is 5. The zero-order valence-corrected chi connectivity index (χ0v) is 19.0. The van der Waals surface area contributed by atoms with Crippen LogP contribution < -0.4 is 0 Å². The number of amides is 2. The van der Waals surface area contributed by atoms with Gasteiger partial charge in [0, 0.05) is 49.7 Å². The second-order valence-corrected chi connectivity index (χ2v) is 9.96. The molecule has 1 aliphatic carbocycles. The molecule has 5 rings (SSSR count). The molecule has 6 nitrogen and oxygen atoms in total. The number of ether oxygens (including phenoxy) is 1. The molecule has 1 saturated carbocycles. The first-order valence-electron chi connectivity index (χ1n) is 12.3. The zero-order valence-electron chi connectivity index (χ0n) is 19.0. The summed E-state index contributed by atoms with van der Waals surface area (Å²) in [5.74, 6) is 0.907. The lowest BCUT2D eigenvalue weighted by molar-refractivity contribution is -0.135. The Hall–Kier alpha value is -2.34. The molecule has 2 aromatic rings. The minimum absolute atomic E-state index is 0.208. The molecule has 2 aliphatic heterocycles. The molecule has 6 heteroatoms. The van der Waals surface area contributed by atoms with Gasteiger partial charge in [0.2, 0.25) is 11.8 Å². The fourth-order valence-electron chi connectivity index (χ4n) is 6.26. The van der Waals surface area contributed by atoms with Gasteiger partial charge in [0.15, 0.2) is 0 Å². The van der Waals surface area contributed by atoms with Crippen LogP contribution >= 0.6 is 0 Å². The molecule has 2 saturated heterocycles. The Morgan fingerprint density at radius 2 is 1.81 bits per heavy atom. The topological polar surface area (TPSA) is 65.6 Å². The van der Waals surface area contributed by atoms with Gasteiger partial charge in [-0.3, -0.25) is 9.59 Å². The van der Waals surface area contributed by atoms with Crippen LogP contribution in [0.1, 0.15) is 50.5 Å². The number of nitrogens with zero attached hydrogens (tertiary/aromatic N) is 2. The number of morpholine rings is 1. The summed E-state index contributed by atoms with van der Waals surface area (Å²) in [6.45, 7) is 4.39. The van der Waals surface area contributed by atoms with Gasteiger partial charge < -0.3 is 19.5 Å². The standard InChI is InChI=1S/C26H35N3O3/c30-24(28-12-14-32-15-13-28)9-8-21-18-29(19-26(21)10-4-1-5-11-26)25(31)16-20-17-27-23-7-3-2-6-22(20)23/h2-3,6-7,17,21,27H,1,4-5,8-16,18-19H2. The number of aromatic amines is 1. The Morgan fingerprint density at radius 3 is 2.62 bits per heavy atom. The molecule has 1 unspecified atom stereocenters. The first kappa shape index (κ1) is 21.5. The molecule has 0 bridgehead atoms. The first-order valence-corrected chi connectivity index (χ1v) is 12.3. The fourth-order valence-corrected chi connectivity index (χ4v) is 6.26. The van der Waals surface area contributed by atoms with Gasteiger partial charge in [-0.05, 0) is 42.2 Å². The number of hydrogen-bond donors (Lipinski definition) is 1. The van der Waals surface area contributed by atoms with Crippen LogP contribution in [-0.2, 0) is 20.7 Å². The molecule has 1 aromatic heterocycles. The third-order valence-corrected chi connectivity index (χ3v) is 8.10. The number of nitrogens with one attached hydrogen (secondary N) is 1. The van der Waals surface area contributed by atoms with Crippen molar-refractivity contribution in [3.63, 3.8) is 0 Å². The van der Waals surface area contributed by atoms with Crippen LogP contribution in [0.4, 0.5) is 0 Å². The van der Waals surface area contributed by atoms with E-state index in [1.807, 2.05) is 23.2 Å². The van der Waals surface area contributed by atoms with E-state index < -0.39 is 0 Å². The Balaban J connectivity index is 1.26. The maximum atomic E-state index is 13.3. The molecule has 3 heterocycles. The average molecular weight is 438 g/mol. The highest BCUT2D eigenvalue weighted by Crippen LogP contribution is 2.49. The predicted octanol–water partition coefficient (Wildman–Crippen LogP) is 3.76. The van der Waals surface area contributed by atoms with Crippen LogP contribution in [0, 0.1) is 11.3 Å². The second kappa shape index (κ2) is 9.26. The van der Waals surface area contributed by atoms with E-state index in [0.717, 1.165) is 36.0 Å². The van der Waals surface area contributed by atoms with Crippen molar-refractivity contribution >= 4 is 22.7 Å². The highest BCUT2D eigenvalue weighted by atomic mass is 16.5. The minimum Gasteiger partial charge on any atom is -0.378 e. The van der Waals surface area contributed by atoms with Crippen molar-refractivity contribution in [2.24, 2.45) is 11.3 Å². The molecule has 1 spiro atoms. The maximum absolute atomic E-state index is 13.3. The number of carbonyl (C=O) groups excluding carboxylic acids is 2. The van der Waals surface area contributed by atoms with Crippen molar-refractivity contribution in [3.05, 3.63) is 36.0 Å². The third-order valence-electron chi connectivity index (χ3n) is 8.10. The highest BCUT2D eigenvalue weighted by molar-refractivity contribution is 5.89. The van der Waals surface area contributed by atoms with Crippen molar-refractivity contribution in [2.75, 3.05) is 39.4 Å². The fraction of sp³-hybridized carbons (Fsp3) is 0.615. The van der Waals surface area contributed by atoms with Crippen LogP contribution in [0.5, 0.6) is 0 Å². The van der Waals surface area contributed by atoms with E-state index >= 15 is 0 Å². The SMILES string of the molecule is O=C(CCC1CN(C(=O)Cc2c[nH]c3ccccc23)CC12CCCCC2)N1CCOCC1. The molecule has 1 N–H and O–H groups in total. The van der Waals surface area contributed by atoms with E-state index in [0.29, 0.717) is 45.1 Å². The van der Waals surface area contributed by atoms with Gasteiger partial charge in [0.1, 0.15) is 0 Å². The van der Waals surface area contributed by atoms with Crippen molar-refractivity contribution in [3.8, 4) is 0 Å². The zero-order chi connectivity index (χ0) is 22.0. The summed E-state index contributed by atoms with van der Waals surface area (Å²) in [6.07, 6.45) is 10.1. The summed E-state index contributed by atoms with van der Waals surface area (Å²) in [7, 11) is 0. The van der Waals surface area contributed by atoms with Gasteiger partial charge in [-0.15, -0.1) is 0 Å². The Kier molecular flexibility index (Phi) is 6.22. The lowest BCUT2D eigenvalue weighted by atomic mass is 9.66. The average Bonchev–Trinajstić information content (AvgIpc) is 3.40. The normalized spacial score (nSPS) is 23.2. The van der Waals surface area contributed by atoms with E-state index in [9.17, 15) is 9.59 Å². The number of benzene rings is 1. The molecule has 172 valence electrons. The Bertz CT molecular complexity index is 956. The number of aromatic nitrogens is 1. The van der Waals surface area contributed by atoms with Gasteiger partial charge in [0.05, 0.1) is 19.6 Å². The lowest BCUT2D eigenvalue weighted by Crippen LogP contribution is -2.41. The van der Waals surface area contributed by atoms with Gasteiger partial charge in [-0.25, -0.2) is 0 Å². The number of para-hydroxylation sites is 1. The van der Waals surface area contributed by atoms with Crippen LogP contribution in [0.2, 0.25) is 0 Å². The summed E-state index contributed by atoms with van der Waals surface area (Å²) >= 11 is 0. The predicted molar refractivity (Wildman–Crippen MR) is 124 cm³/mol. The third kappa shape index (κ3) is 4.29. The summed E-state index contributed by atoms with van der Waals surface area (Å²) in [4.78, 5) is 33.5. The maximum Gasteiger partial charge on any atom is 0.227 e. The van der Waals surface area contributed by atoms with Crippen molar-refractivity contribution < 1.29 is 14.3 Å². The molecule has 1 atom stereocenters. The van der Waals surface area contributed by atoms with Gasteiger partial charge in [-0.1, -0.05) is 37.5 Å². The molecule has 0 radical (unpaired) electrons. The van der Waals surface area contributed by atoms with Gasteiger partial charge in [-0.2, -0.15) is 0 Å². The molecular weight excluding hydrogens is 402 g/mol. The molecule has 2 amide bonds. The monoisotopic (exact) mass is 437 g/mol. The molecule has 1 aromatic carbocycles. The van der Waals surface area contributed by atoms with E-state index in [1.165, 1.54) is 32.1 Å². The van der Waals surface area contributed by atoms with Crippen molar-refractivity contribution in [2.45, 2.75) is 51.4 Å². The number of fused-ring (bicyclic) bond motifs is 1. The van der Waals surface area contributed by atoms with E-state index in [4.69, 9.17) is 4.74 Å². The van der Waals surface area contributed by atoms with Crippen LogP contribution in [0.3, 0.4) is 0 Å². The summed E-state index contributed by atoms with van der Waals surface area (Å²) in [6, 6.07) is 8.18. The molecular formula is C26H35N3O3. The number of likely N-dealkylation sites (tertiary alicyclic amines) is 1. The van der Waals surface area contributed by atoms with Crippen LogP contribution in [-0.4, -0.2) is 66.0 Å². The smallest absolute Gasteiger partial charge is 0.227 e. The molecule has 32 heavy (non-hydrogen) atoms. The minimum atomic E-state index is 0.208. The number of H-pyrrole nitrogens is 1. The van der Waals surface area contributed by atoms with Crippen LogP contribution in [0.25, 0.3) is 10.9 Å². The molecule has 3 aliphatic rings. The Morgan fingerprint density at radius 1 is 1.03 bits per heavy atom. The quantitative estimate of drug-likeness (QED) is 0.775. The van der Waals surface area contributed by atoms with Gasteiger partial charge in [0.25, 0.3) is 0 Å². The van der Waals surface area contributed by atoms with Crippen molar-refractivity contribution in [1.82, 2.24) is 14.8 Å². The largest absolute Gasteiger partial charge is 0.378 e. The second-order valence-electron chi connectivity index (χ2n) is 9.96. The summed E-state index contributed by atoms with van der Waals surface area (Å²) < 4.78 is 5.39. The Labute approximate surface area is 190 Å². The number of carbonyl (C=O) groups is 2. The molecule has 3 fully saturated rings. The van der Waals surface area contributed by atoms with E-state index in [2.05, 4.69) is 22.0 Å². The van der Waals surface area contributed by atoms with Gasteiger partial charge >= 0.3 is 0 Å². The van der Waals surface area contributed by atoms with E-state index in [1.54, 1.807) is 0 Å². The summed E-state index contributed by atoms with van der Waals surface area (Å²) in [5, 5.41) is 1.14. The van der Waals surface area contributed by atoms with E-state index in [-0.39, 0.29) is 17.2 Å². The van der Waals surface area contributed by atoms with Crippen LogP contribution in [0.15, 0.2) is 30.5 Å². The lowest BCUT2D eigenvalue weighted by Gasteiger charge is -2.38.